The van der Waals surface area contributed by atoms with Gasteiger partial charge in [-0.1, -0.05) is 6.07 Å². The Bertz CT molecular complexity index is 433. The Kier molecular flexibility index (Phi) is 3.94. The largest absolute Gasteiger partial charge is 0.305 e. The number of rotatable bonds is 3. The Morgan fingerprint density at radius 1 is 1.53 bits per heavy atom. The molecular weight excluding hydrogens is 280 g/mol. The van der Waals surface area contributed by atoms with Crippen molar-refractivity contribution in [3.63, 3.8) is 0 Å². The van der Waals surface area contributed by atoms with Gasteiger partial charge in [-0.2, -0.15) is 0 Å². The summed E-state index contributed by atoms with van der Waals surface area (Å²) in [6.07, 6.45) is 2.46. The second-order valence-electron chi connectivity index (χ2n) is 4.74. The van der Waals surface area contributed by atoms with Gasteiger partial charge in [0, 0.05) is 6.04 Å². The summed E-state index contributed by atoms with van der Waals surface area (Å²) in [6, 6.07) is 4.37. The minimum Gasteiger partial charge on any atom is -0.305 e. The van der Waals surface area contributed by atoms with E-state index in [1.807, 2.05) is 19.1 Å². The van der Waals surface area contributed by atoms with E-state index in [0.717, 1.165) is 28.7 Å². The molecule has 2 rings (SSSR count). The Morgan fingerprint density at radius 2 is 2.29 bits per heavy atom. The molecule has 4 heteroatoms. The smallest absolute Gasteiger partial charge is 0.155 e. The highest BCUT2D eigenvalue weighted by molar-refractivity contribution is 9.10. The lowest BCUT2D eigenvalue weighted by Gasteiger charge is -2.11. The van der Waals surface area contributed by atoms with Crippen LogP contribution in [0.3, 0.4) is 0 Å². The van der Waals surface area contributed by atoms with Crippen LogP contribution in [0.25, 0.3) is 0 Å². The van der Waals surface area contributed by atoms with E-state index in [9.17, 15) is 4.79 Å². The predicted octanol–water partition coefficient (Wildman–Crippen LogP) is 2.40. The van der Waals surface area contributed by atoms with Gasteiger partial charge in [0.1, 0.15) is 4.60 Å². The molecule has 1 aromatic heterocycles. The van der Waals surface area contributed by atoms with E-state index in [1.165, 1.54) is 0 Å². The topological polar surface area (TPSA) is 42.0 Å². The van der Waals surface area contributed by atoms with Gasteiger partial charge in [0.15, 0.2) is 5.78 Å². The first-order valence-electron chi connectivity index (χ1n) is 5.97. The molecule has 2 atom stereocenters. The maximum atomic E-state index is 12.1. The molecule has 0 aliphatic carbocycles. The Hall–Kier alpha value is -0.740. The van der Waals surface area contributed by atoms with Crippen molar-refractivity contribution in [1.29, 1.82) is 0 Å². The van der Waals surface area contributed by atoms with Gasteiger partial charge in [0.2, 0.25) is 0 Å². The molecule has 0 saturated carbocycles. The van der Waals surface area contributed by atoms with Crippen LogP contribution in [0, 0.1) is 6.92 Å². The minimum atomic E-state index is 0.0187. The summed E-state index contributed by atoms with van der Waals surface area (Å²) in [5, 5.41) is 3.32. The maximum absolute atomic E-state index is 12.1. The zero-order valence-electron chi connectivity index (χ0n) is 10.2. The summed E-state index contributed by atoms with van der Waals surface area (Å²) in [5.41, 5.74) is 1.96. The third-order valence-corrected chi connectivity index (χ3v) is 3.71. The van der Waals surface area contributed by atoms with Crippen LogP contribution < -0.4 is 5.32 Å². The van der Waals surface area contributed by atoms with Crippen LogP contribution in [0.15, 0.2) is 16.7 Å². The lowest BCUT2D eigenvalue weighted by molar-refractivity contribution is -0.120. The molecule has 1 N–H and O–H groups in total. The highest BCUT2D eigenvalue weighted by Gasteiger charge is 2.26. The van der Waals surface area contributed by atoms with Crippen molar-refractivity contribution in [2.24, 2.45) is 0 Å². The number of nitrogens with zero attached hydrogens (tertiary/aromatic N) is 1. The van der Waals surface area contributed by atoms with Crippen molar-refractivity contribution >= 4 is 21.7 Å². The van der Waals surface area contributed by atoms with Gasteiger partial charge in [0.25, 0.3) is 0 Å². The zero-order chi connectivity index (χ0) is 12.4. The predicted molar refractivity (Wildman–Crippen MR) is 71.0 cm³/mol. The summed E-state index contributed by atoms with van der Waals surface area (Å²) in [5.74, 6) is 0.253. The first kappa shape index (κ1) is 12.7. The number of halogens is 1. The van der Waals surface area contributed by atoms with E-state index in [1.54, 1.807) is 0 Å². The molecule has 92 valence electrons. The monoisotopic (exact) mass is 296 g/mol. The number of hydrogen-bond acceptors (Lipinski definition) is 3. The summed E-state index contributed by atoms with van der Waals surface area (Å²) < 4.78 is 0.790. The normalized spacial score (nSPS) is 23.9. The first-order valence-corrected chi connectivity index (χ1v) is 6.76. The Balaban J connectivity index is 2.05. The second-order valence-corrected chi connectivity index (χ2v) is 5.55. The number of ketones is 1. The van der Waals surface area contributed by atoms with Gasteiger partial charge in [-0.15, -0.1) is 0 Å². The van der Waals surface area contributed by atoms with Gasteiger partial charge in [-0.05, 0) is 54.2 Å². The van der Waals surface area contributed by atoms with Gasteiger partial charge in [-0.3, -0.25) is 4.79 Å². The molecule has 1 aliphatic rings. The third-order valence-electron chi connectivity index (χ3n) is 3.27. The van der Waals surface area contributed by atoms with Crippen molar-refractivity contribution in [3.05, 3.63) is 28.0 Å². The van der Waals surface area contributed by atoms with Gasteiger partial charge >= 0.3 is 0 Å². The lowest BCUT2D eigenvalue weighted by atomic mass is 10.0. The lowest BCUT2D eigenvalue weighted by Crippen LogP contribution is -2.35. The molecule has 0 aromatic carbocycles. The summed E-state index contributed by atoms with van der Waals surface area (Å²) >= 11 is 3.34. The molecule has 0 unspecified atom stereocenters. The Labute approximate surface area is 110 Å². The van der Waals surface area contributed by atoms with Crippen LogP contribution in [0.4, 0.5) is 0 Å². The van der Waals surface area contributed by atoms with E-state index in [0.29, 0.717) is 12.5 Å². The first-order chi connectivity index (χ1) is 8.06. The highest BCUT2D eigenvalue weighted by Crippen LogP contribution is 2.16. The molecule has 1 saturated heterocycles. The summed E-state index contributed by atoms with van der Waals surface area (Å²) in [7, 11) is 0. The van der Waals surface area contributed by atoms with Crippen molar-refractivity contribution in [1.82, 2.24) is 10.3 Å². The van der Waals surface area contributed by atoms with E-state index in [4.69, 9.17) is 0 Å². The molecule has 1 fully saturated rings. The number of aromatic nitrogens is 1. The highest BCUT2D eigenvalue weighted by atomic mass is 79.9. The fraction of sp³-hybridized carbons (Fsp3) is 0.538. The zero-order valence-corrected chi connectivity index (χ0v) is 11.8. The van der Waals surface area contributed by atoms with Crippen LogP contribution >= 0.6 is 15.9 Å². The van der Waals surface area contributed by atoms with Crippen LogP contribution in [-0.4, -0.2) is 22.9 Å². The SMILES string of the molecule is Cc1ccc(Br)nc1CC(=O)[C@@H]1CC[C@H](C)N1. The van der Waals surface area contributed by atoms with E-state index >= 15 is 0 Å². The van der Waals surface area contributed by atoms with Crippen molar-refractivity contribution < 1.29 is 4.79 Å². The van der Waals surface area contributed by atoms with Gasteiger partial charge < -0.3 is 5.32 Å². The quantitative estimate of drug-likeness (QED) is 0.871. The Morgan fingerprint density at radius 3 is 2.94 bits per heavy atom. The number of aryl methyl sites for hydroxylation is 1. The molecule has 0 radical (unpaired) electrons. The number of Topliss-reactive ketones (excluding diaryl/α,β-unsaturated/α-hetero) is 1. The average molecular weight is 297 g/mol. The molecule has 17 heavy (non-hydrogen) atoms. The van der Waals surface area contributed by atoms with E-state index in [2.05, 4.69) is 33.2 Å². The number of pyridine rings is 1. The standard InChI is InChI=1S/C13H17BrN2O/c1-8-3-6-13(14)16-11(8)7-12(17)10-5-4-9(2)15-10/h3,6,9-10,15H,4-5,7H2,1-2H3/t9-,10-/m0/s1. The number of nitrogens with one attached hydrogen (secondary N) is 1. The van der Waals surface area contributed by atoms with Crippen molar-refractivity contribution in [3.8, 4) is 0 Å². The maximum Gasteiger partial charge on any atom is 0.155 e. The fourth-order valence-electron chi connectivity index (χ4n) is 2.19. The number of carbonyl (C=O) groups is 1. The van der Waals surface area contributed by atoms with E-state index in [-0.39, 0.29) is 11.8 Å². The second kappa shape index (κ2) is 5.27. The fourth-order valence-corrected chi connectivity index (χ4v) is 2.54. The van der Waals surface area contributed by atoms with Crippen LogP contribution in [0.5, 0.6) is 0 Å². The molecule has 0 amide bonds. The molecule has 3 nitrogen and oxygen atoms in total. The van der Waals surface area contributed by atoms with Crippen molar-refractivity contribution in [2.45, 2.75) is 45.2 Å². The number of hydrogen-bond donors (Lipinski definition) is 1. The third kappa shape index (κ3) is 3.13. The molecule has 0 spiro atoms. The molecule has 0 bridgehead atoms. The van der Waals surface area contributed by atoms with E-state index < -0.39 is 0 Å². The van der Waals surface area contributed by atoms with Gasteiger partial charge in [-0.25, -0.2) is 4.98 Å². The molecule has 1 aliphatic heterocycles. The summed E-state index contributed by atoms with van der Waals surface area (Å²) in [4.78, 5) is 16.5. The van der Waals surface area contributed by atoms with Crippen LogP contribution in [0.1, 0.15) is 31.0 Å². The number of carbonyl (C=O) groups excluding carboxylic acids is 1. The van der Waals surface area contributed by atoms with Crippen molar-refractivity contribution in [2.75, 3.05) is 0 Å². The average Bonchev–Trinajstić information content (AvgIpc) is 2.70. The molecule has 1 aromatic rings. The molecule has 2 heterocycles. The van der Waals surface area contributed by atoms with Crippen LogP contribution in [-0.2, 0) is 11.2 Å². The molecular formula is C13H17BrN2O. The van der Waals surface area contributed by atoms with Gasteiger partial charge in [0.05, 0.1) is 18.2 Å². The summed E-state index contributed by atoms with van der Waals surface area (Å²) in [6.45, 7) is 4.11. The van der Waals surface area contributed by atoms with Crippen LogP contribution in [0.2, 0.25) is 0 Å². The minimum absolute atomic E-state index is 0.0187.